The molecule has 0 heterocycles. The first kappa shape index (κ1) is 21.4. The van der Waals surface area contributed by atoms with E-state index in [9.17, 15) is 9.59 Å². The van der Waals surface area contributed by atoms with Crippen molar-refractivity contribution in [2.75, 3.05) is 18.4 Å². The zero-order valence-electron chi connectivity index (χ0n) is 14.3. The Hall–Kier alpha value is -1.59. The van der Waals surface area contributed by atoms with Gasteiger partial charge in [0.05, 0.1) is 6.04 Å². The van der Waals surface area contributed by atoms with Gasteiger partial charge in [-0.1, -0.05) is 19.9 Å². The van der Waals surface area contributed by atoms with Crippen molar-refractivity contribution in [1.29, 1.82) is 0 Å². The average molecular weight is 342 g/mol. The summed E-state index contributed by atoms with van der Waals surface area (Å²) in [6, 6.07) is 6.44. The van der Waals surface area contributed by atoms with E-state index in [1.807, 2.05) is 27.7 Å². The molecule has 0 radical (unpaired) electrons. The van der Waals surface area contributed by atoms with Gasteiger partial charge in [0.25, 0.3) is 5.91 Å². The lowest BCUT2D eigenvalue weighted by molar-refractivity contribution is -0.117. The molecule has 0 saturated carbocycles. The van der Waals surface area contributed by atoms with Gasteiger partial charge in [-0.15, -0.1) is 12.4 Å². The van der Waals surface area contributed by atoms with Gasteiger partial charge in [-0.2, -0.15) is 0 Å². The van der Waals surface area contributed by atoms with Gasteiger partial charge in [0.2, 0.25) is 5.91 Å². The van der Waals surface area contributed by atoms with Crippen molar-refractivity contribution in [3.05, 3.63) is 29.8 Å². The number of amides is 2. The van der Waals surface area contributed by atoms with Crippen LogP contribution in [0.3, 0.4) is 0 Å². The summed E-state index contributed by atoms with van der Waals surface area (Å²) in [7, 11) is 0. The van der Waals surface area contributed by atoms with Crippen LogP contribution in [0.4, 0.5) is 5.69 Å². The highest BCUT2D eigenvalue weighted by Gasteiger charge is 2.16. The highest BCUT2D eigenvalue weighted by Crippen LogP contribution is 2.14. The fraction of sp³-hybridized carbons (Fsp3) is 0.529. The molecule has 0 aliphatic heterocycles. The molecule has 6 heteroatoms. The Labute approximate surface area is 145 Å². The van der Waals surface area contributed by atoms with E-state index in [1.54, 1.807) is 29.2 Å². The van der Waals surface area contributed by atoms with Crippen molar-refractivity contribution in [3.8, 4) is 0 Å². The van der Waals surface area contributed by atoms with Gasteiger partial charge < -0.3 is 16.0 Å². The number of hydrogen-bond acceptors (Lipinski definition) is 3. The maximum absolute atomic E-state index is 12.3. The van der Waals surface area contributed by atoms with Crippen LogP contribution in [-0.4, -0.2) is 35.8 Å². The molecular formula is C17H28ClN3O2. The predicted octanol–water partition coefficient (Wildman–Crippen LogP) is 2.90. The second-order valence-corrected chi connectivity index (χ2v) is 5.78. The molecule has 0 spiro atoms. The maximum Gasteiger partial charge on any atom is 0.253 e. The minimum absolute atomic E-state index is 0. The Morgan fingerprint density at radius 2 is 1.83 bits per heavy atom. The SMILES string of the molecule is CCN(CC)C(=O)c1cccc(NC(=O)[C@@H](N)CC(C)C)c1.Cl. The zero-order valence-corrected chi connectivity index (χ0v) is 15.2. The van der Waals surface area contributed by atoms with E-state index >= 15 is 0 Å². The quantitative estimate of drug-likeness (QED) is 0.800. The lowest BCUT2D eigenvalue weighted by Crippen LogP contribution is -2.36. The molecule has 1 aromatic carbocycles. The maximum atomic E-state index is 12.3. The van der Waals surface area contributed by atoms with Crippen LogP contribution in [0.15, 0.2) is 24.3 Å². The Morgan fingerprint density at radius 3 is 2.35 bits per heavy atom. The van der Waals surface area contributed by atoms with Crippen molar-refractivity contribution in [2.45, 2.75) is 40.2 Å². The van der Waals surface area contributed by atoms with Crippen LogP contribution in [0.2, 0.25) is 0 Å². The smallest absolute Gasteiger partial charge is 0.253 e. The molecule has 0 fully saturated rings. The lowest BCUT2D eigenvalue weighted by atomic mass is 10.0. The topological polar surface area (TPSA) is 75.4 Å². The van der Waals surface area contributed by atoms with Crippen LogP contribution in [0.5, 0.6) is 0 Å². The molecule has 0 aliphatic rings. The van der Waals surface area contributed by atoms with Gasteiger partial charge in [-0.05, 0) is 44.4 Å². The van der Waals surface area contributed by atoms with E-state index < -0.39 is 6.04 Å². The van der Waals surface area contributed by atoms with Crippen LogP contribution < -0.4 is 11.1 Å². The number of carbonyl (C=O) groups is 2. The Balaban J connectivity index is 0.00000484. The minimum atomic E-state index is -0.540. The van der Waals surface area contributed by atoms with Crippen molar-refractivity contribution < 1.29 is 9.59 Å². The summed E-state index contributed by atoms with van der Waals surface area (Å²) in [6.07, 6.45) is 0.629. The van der Waals surface area contributed by atoms with E-state index in [4.69, 9.17) is 5.73 Å². The number of nitrogens with zero attached hydrogens (tertiary/aromatic N) is 1. The van der Waals surface area contributed by atoms with Crippen LogP contribution in [0.25, 0.3) is 0 Å². The third kappa shape index (κ3) is 6.59. The molecular weight excluding hydrogens is 314 g/mol. The highest BCUT2D eigenvalue weighted by molar-refractivity contribution is 5.98. The fourth-order valence-electron chi connectivity index (χ4n) is 2.27. The number of hydrogen-bond donors (Lipinski definition) is 2. The number of benzene rings is 1. The summed E-state index contributed by atoms with van der Waals surface area (Å²) in [4.78, 5) is 26.1. The molecule has 0 bridgehead atoms. The highest BCUT2D eigenvalue weighted by atomic mass is 35.5. The van der Waals surface area contributed by atoms with Gasteiger partial charge in [0, 0.05) is 24.3 Å². The van der Waals surface area contributed by atoms with E-state index in [2.05, 4.69) is 5.32 Å². The lowest BCUT2D eigenvalue weighted by Gasteiger charge is -2.19. The molecule has 1 aromatic rings. The van der Waals surface area contributed by atoms with Crippen LogP contribution in [0, 0.1) is 5.92 Å². The summed E-state index contributed by atoms with van der Waals surface area (Å²) >= 11 is 0. The third-order valence-corrected chi connectivity index (χ3v) is 3.49. The van der Waals surface area contributed by atoms with E-state index in [-0.39, 0.29) is 24.2 Å². The van der Waals surface area contributed by atoms with Crippen LogP contribution in [0.1, 0.15) is 44.5 Å². The van der Waals surface area contributed by atoms with Gasteiger partial charge >= 0.3 is 0 Å². The zero-order chi connectivity index (χ0) is 16.7. The Bertz CT molecular complexity index is 516. The Morgan fingerprint density at radius 1 is 1.22 bits per heavy atom. The first-order valence-corrected chi connectivity index (χ1v) is 7.84. The number of nitrogens with two attached hydrogens (primary N) is 1. The second-order valence-electron chi connectivity index (χ2n) is 5.78. The van der Waals surface area contributed by atoms with Gasteiger partial charge in [-0.25, -0.2) is 0 Å². The number of rotatable bonds is 7. The molecule has 2 amide bonds. The minimum Gasteiger partial charge on any atom is -0.339 e. The molecule has 0 aliphatic carbocycles. The predicted molar refractivity (Wildman–Crippen MR) is 97.0 cm³/mol. The van der Waals surface area contributed by atoms with Gasteiger partial charge in [-0.3, -0.25) is 9.59 Å². The van der Waals surface area contributed by atoms with Crippen molar-refractivity contribution in [3.63, 3.8) is 0 Å². The summed E-state index contributed by atoms with van der Waals surface area (Å²) in [6.45, 7) is 9.25. The van der Waals surface area contributed by atoms with E-state index in [0.29, 0.717) is 36.7 Å². The van der Waals surface area contributed by atoms with Crippen LogP contribution in [-0.2, 0) is 4.79 Å². The van der Waals surface area contributed by atoms with Gasteiger partial charge in [0.15, 0.2) is 0 Å². The molecule has 0 unspecified atom stereocenters. The average Bonchev–Trinajstić information content (AvgIpc) is 2.47. The number of anilines is 1. The first-order valence-electron chi connectivity index (χ1n) is 7.84. The normalized spacial score (nSPS) is 11.6. The molecule has 130 valence electrons. The molecule has 23 heavy (non-hydrogen) atoms. The molecule has 3 N–H and O–H groups in total. The standard InChI is InChI=1S/C17H27N3O2.ClH/c1-5-20(6-2)17(22)13-8-7-9-14(11-13)19-16(21)15(18)10-12(3)4;/h7-9,11-12,15H,5-6,10,18H2,1-4H3,(H,19,21);1H/t15-;/m0./s1. The first-order chi connectivity index (χ1) is 10.4. The molecule has 1 rings (SSSR count). The number of carbonyl (C=O) groups excluding carboxylic acids is 2. The third-order valence-electron chi connectivity index (χ3n) is 3.49. The van der Waals surface area contributed by atoms with E-state index in [0.717, 1.165) is 0 Å². The molecule has 5 nitrogen and oxygen atoms in total. The van der Waals surface area contributed by atoms with Crippen LogP contribution >= 0.6 is 12.4 Å². The van der Waals surface area contributed by atoms with Crippen molar-refractivity contribution >= 4 is 29.9 Å². The van der Waals surface area contributed by atoms with Crippen molar-refractivity contribution in [1.82, 2.24) is 4.90 Å². The molecule has 0 saturated heterocycles. The monoisotopic (exact) mass is 341 g/mol. The number of nitrogens with one attached hydrogen (secondary N) is 1. The Kier molecular flexibility index (Phi) is 9.53. The summed E-state index contributed by atoms with van der Waals surface area (Å²) in [5, 5.41) is 2.78. The summed E-state index contributed by atoms with van der Waals surface area (Å²) < 4.78 is 0. The summed E-state index contributed by atoms with van der Waals surface area (Å²) in [5.41, 5.74) is 7.04. The molecule has 0 aromatic heterocycles. The number of halogens is 1. The molecule has 1 atom stereocenters. The van der Waals surface area contributed by atoms with Gasteiger partial charge in [0.1, 0.15) is 0 Å². The fourth-order valence-corrected chi connectivity index (χ4v) is 2.27. The summed E-state index contributed by atoms with van der Waals surface area (Å²) in [5.74, 6) is 0.102. The van der Waals surface area contributed by atoms with E-state index in [1.165, 1.54) is 0 Å². The largest absolute Gasteiger partial charge is 0.339 e. The second kappa shape index (κ2) is 10.2. The van der Waals surface area contributed by atoms with Crippen molar-refractivity contribution in [2.24, 2.45) is 11.7 Å².